The van der Waals surface area contributed by atoms with Crippen LogP contribution in [0.5, 0.6) is 0 Å². The van der Waals surface area contributed by atoms with Gasteiger partial charge in [0.05, 0.1) is 0 Å². The second-order valence-corrected chi connectivity index (χ2v) is 4.92. The molecule has 0 atom stereocenters. The van der Waals surface area contributed by atoms with E-state index in [0.717, 1.165) is 10.1 Å². The standard InChI is InChI=1S/C11H6OS2/c12-9-4-6-14-11-7(9)1-2-10-8(11)3-5-13-10/h1-6H. The summed E-state index contributed by atoms with van der Waals surface area (Å²) in [7, 11) is 0. The third kappa shape index (κ3) is 1.03. The third-order valence-corrected chi connectivity index (χ3v) is 4.09. The molecule has 0 N–H and O–H groups in total. The van der Waals surface area contributed by atoms with Gasteiger partial charge >= 0.3 is 0 Å². The first-order valence-corrected chi connectivity index (χ1v) is 6.00. The van der Waals surface area contributed by atoms with Crippen molar-refractivity contribution in [3.63, 3.8) is 0 Å². The first-order valence-electron chi connectivity index (χ1n) is 4.24. The summed E-state index contributed by atoms with van der Waals surface area (Å²) >= 11 is 3.34. The van der Waals surface area contributed by atoms with Gasteiger partial charge in [0.25, 0.3) is 0 Å². The van der Waals surface area contributed by atoms with Crippen molar-refractivity contribution in [1.29, 1.82) is 0 Å². The smallest absolute Gasteiger partial charge is 0.188 e. The van der Waals surface area contributed by atoms with Crippen LogP contribution in [-0.2, 0) is 0 Å². The van der Waals surface area contributed by atoms with E-state index >= 15 is 0 Å². The van der Waals surface area contributed by atoms with E-state index in [1.54, 1.807) is 28.7 Å². The fraction of sp³-hybridized carbons (Fsp3) is 0. The van der Waals surface area contributed by atoms with Crippen LogP contribution in [0.3, 0.4) is 0 Å². The first-order chi connectivity index (χ1) is 6.86. The van der Waals surface area contributed by atoms with E-state index in [0.29, 0.717) is 0 Å². The Balaban J connectivity index is 2.71. The predicted octanol–water partition coefficient (Wildman–Crippen LogP) is 3.48. The molecule has 0 aliphatic heterocycles. The van der Waals surface area contributed by atoms with Crippen molar-refractivity contribution in [1.82, 2.24) is 0 Å². The molecule has 0 saturated carbocycles. The van der Waals surface area contributed by atoms with Crippen molar-refractivity contribution >= 4 is 42.8 Å². The van der Waals surface area contributed by atoms with Gasteiger partial charge in [0.1, 0.15) is 0 Å². The molecule has 2 heterocycles. The Kier molecular flexibility index (Phi) is 1.69. The van der Waals surface area contributed by atoms with Crippen molar-refractivity contribution in [3.05, 3.63) is 45.2 Å². The maximum Gasteiger partial charge on any atom is 0.188 e. The second kappa shape index (κ2) is 2.90. The van der Waals surface area contributed by atoms with Crippen molar-refractivity contribution in [2.24, 2.45) is 0 Å². The molecule has 0 bridgehead atoms. The Bertz CT molecular complexity index is 663. The molecule has 14 heavy (non-hydrogen) atoms. The second-order valence-electron chi connectivity index (χ2n) is 3.06. The zero-order chi connectivity index (χ0) is 9.54. The molecule has 1 aromatic carbocycles. The molecule has 68 valence electrons. The van der Waals surface area contributed by atoms with E-state index < -0.39 is 0 Å². The van der Waals surface area contributed by atoms with Crippen LogP contribution in [-0.4, -0.2) is 0 Å². The van der Waals surface area contributed by atoms with E-state index in [-0.39, 0.29) is 5.43 Å². The van der Waals surface area contributed by atoms with E-state index in [1.165, 1.54) is 10.1 Å². The molecular formula is C11H6OS2. The average Bonchev–Trinajstić information content (AvgIpc) is 2.66. The monoisotopic (exact) mass is 218 g/mol. The van der Waals surface area contributed by atoms with Crippen LogP contribution >= 0.6 is 22.7 Å². The van der Waals surface area contributed by atoms with Gasteiger partial charge in [-0.1, -0.05) is 0 Å². The Labute approximate surface area is 88.2 Å². The molecule has 0 aliphatic carbocycles. The van der Waals surface area contributed by atoms with E-state index in [9.17, 15) is 4.79 Å². The molecule has 0 fully saturated rings. The lowest BCUT2D eigenvalue weighted by Crippen LogP contribution is -1.95. The minimum Gasteiger partial charge on any atom is -0.289 e. The summed E-state index contributed by atoms with van der Waals surface area (Å²) in [6.07, 6.45) is 0. The number of rotatable bonds is 0. The van der Waals surface area contributed by atoms with Gasteiger partial charge in [-0.15, -0.1) is 22.7 Å². The van der Waals surface area contributed by atoms with Gasteiger partial charge in [-0.05, 0) is 35.0 Å². The quantitative estimate of drug-likeness (QED) is 0.564. The lowest BCUT2D eigenvalue weighted by molar-refractivity contribution is 1.75. The number of benzene rings is 1. The molecule has 0 saturated heterocycles. The largest absolute Gasteiger partial charge is 0.289 e. The van der Waals surface area contributed by atoms with Gasteiger partial charge in [-0.2, -0.15) is 0 Å². The first kappa shape index (κ1) is 8.15. The van der Waals surface area contributed by atoms with Crippen LogP contribution < -0.4 is 5.43 Å². The summed E-state index contributed by atoms with van der Waals surface area (Å²) in [6, 6.07) is 7.66. The predicted molar refractivity (Wildman–Crippen MR) is 63.5 cm³/mol. The van der Waals surface area contributed by atoms with Crippen LogP contribution in [0, 0.1) is 0 Å². The Morgan fingerprint density at radius 3 is 2.64 bits per heavy atom. The summed E-state index contributed by atoms with van der Waals surface area (Å²) < 4.78 is 2.36. The fourth-order valence-electron chi connectivity index (χ4n) is 1.59. The Morgan fingerprint density at radius 1 is 0.857 bits per heavy atom. The zero-order valence-corrected chi connectivity index (χ0v) is 8.82. The van der Waals surface area contributed by atoms with E-state index in [4.69, 9.17) is 0 Å². The van der Waals surface area contributed by atoms with Gasteiger partial charge in [0, 0.05) is 20.2 Å². The van der Waals surface area contributed by atoms with Crippen LogP contribution in [0.15, 0.2) is 39.8 Å². The van der Waals surface area contributed by atoms with Crippen LogP contribution in [0.1, 0.15) is 0 Å². The molecular weight excluding hydrogens is 212 g/mol. The Hall–Kier alpha value is -1.19. The van der Waals surface area contributed by atoms with Gasteiger partial charge in [0.2, 0.25) is 0 Å². The highest BCUT2D eigenvalue weighted by atomic mass is 32.1. The van der Waals surface area contributed by atoms with Crippen molar-refractivity contribution in [2.45, 2.75) is 0 Å². The minimum atomic E-state index is 0.117. The summed E-state index contributed by atoms with van der Waals surface area (Å²) in [6.45, 7) is 0. The van der Waals surface area contributed by atoms with Gasteiger partial charge < -0.3 is 0 Å². The molecule has 2 aromatic heterocycles. The maximum absolute atomic E-state index is 11.6. The third-order valence-electron chi connectivity index (χ3n) is 2.26. The molecule has 0 aliphatic rings. The topological polar surface area (TPSA) is 17.1 Å². The number of thiophene rings is 1. The molecule has 0 amide bonds. The van der Waals surface area contributed by atoms with Crippen molar-refractivity contribution in [3.8, 4) is 0 Å². The van der Waals surface area contributed by atoms with Crippen LogP contribution in [0.4, 0.5) is 0 Å². The van der Waals surface area contributed by atoms with Gasteiger partial charge in [0.15, 0.2) is 5.43 Å². The molecule has 0 unspecified atom stereocenters. The molecule has 3 heteroatoms. The molecule has 1 nitrogen and oxygen atoms in total. The van der Waals surface area contributed by atoms with Gasteiger partial charge in [-0.3, -0.25) is 4.79 Å². The van der Waals surface area contributed by atoms with Crippen LogP contribution in [0.2, 0.25) is 0 Å². The van der Waals surface area contributed by atoms with Gasteiger partial charge in [-0.25, -0.2) is 0 Å². The highest BCUT2D eigenvalue weighted by Crippen LogP contribution is 2.29. The van der Waals surface area contributed by atoms with E-state index in [2.05, 4.69) is 11.4 Å². The number of fused-ring (bicyclic) bond motifs is 3. The molecule has 3 aromatic rings. The average molecular weight is 218 g/mol. The minimum absolute atomic E-state index is 0.117. The highest BCUT2D eigenvalue weighted by Gasteiger charge is 2.03. The maximum atomic E-state index is 11.6. The fourth-order valence-corrected chi connectivity index (χ4v) is 3.38. The molecule has 0 spiro atoms. The van der Waals surface area contributed by atoms with Crippen molar-refractivity contribution < 1.29 is 0 Å². The summed E-state index contributed by atoms with van der Waals surface area (Å²) in [4.78, 5) is 11.6. The SMILES string of the molecule is O=c1ccsc2c1ccc1sccc12. The lowest BCUT2D eigenvalue weighted by Gasteiger charge is -1.96. The summed E-state index contributed by atoms with van der Waals surface area (Å²) in [5, 5.41) is 5.97. The number of hydrogen-bond acceptors (Lipinski definition) is 3. The summed E-state index contributed by atoms with van der Waals surface area (Å²) in [5.74, 6) is 0. The normalized spacial score (nSPS) is 11.1. The van der Waals surface area contributed by atoms with Crippen LogP contribution in [0.25, 0.3) is 20.2 Å². The Morgan fingerprint density at radius 2 is 1.71 bits per heavy atom. The number of hydrogen-bond donors (Lipinski definition) is 0. The molecule has 0 radical (unpaired) electrons. The lowest BCUT2D eigenvalue weighted by atomic mass is 10.2. The van der Waals surface area contributed by atoms with Crippen molar-refractivity contribution in [2.75, 3.05) is 0 Å². The highest BCUT2D eigenvalue weighted by molar-refractivity contribution is 7.20. The zero-order valence-electron chi connectivity index (χ0n) is 7.19. The van der Waals surface area contributed by atoms with E-state index in [1.807, 2.05) is 17.5 Å². The molecule has 3 rings (SSSR count). The summed E-state index contributed by atoms with van der Waals surface area (Å²) in [5.41, 5.74) is 0.117.